The molecule has 1 aromatic carbocycles. The fourth-order valence-electron chi connectivity index (χ4n) is 3.54. The lowest BCUT2D eigenvalue weighted by molar-refractivity contribution is -0.207. The van der Waals surface area contributed by atoms with Gasteiger partial charge in [-0.15, -0.1) is 11.3 Å². The highest BCUT2D eigenvalue weighted by Crippen LogP contribution is 2.41. The van der Waals surface area contributed by atoms with E-state index in [0.29, 0.717) is 27.5 Å². The number of aliphatic hydroxyl groups excluding tert-OH is 1. The molecule has 3 aromatic heterocycles. The normalized spacial score (nSPS) is 13.5. The lowest BCUT2D eigenvalue weighted by atomic mass is 10.1. The smallest absolute Gasteiger partial charge is 0.382 e. The van der Waals surface area contributed by atoms with Crippen LogP contribution in [0.25, 0.3) is 32.4 Å². The third-order valence-electron chi connectivity index (χ3n) is 4.72. The van der Waals surface area contributed by atoms with Gasteiger partial charge in [0.25, 0.3) is 0 Å². The maximum Gasteiger partial charge on any atom is 0.416 e. The van der Waals surface area contributed by atoms with E-state index in [9.17, 15) is 23.1 Å². The van der Waals surface area contributed by atoms with Crippen LogP contribution in [0.3, 0.4) is 0 Å². The summed E-state index contributed by atoms with van der Waals surface area (Å²) < 4.78 is 40.6. The first kappa shape index (κ1) is 19.0. The second-order valence-corrected chi connectivity index (χ2v) is 7.84. The summed E-state index contributed by atoms with van der Waals surface area (Å²) in [7, 11) is 0. The number of aromatic nitrogens is 2. The second-order valence-electron chi connectivity index (χ2n) is 6.48. The summed E-state index contributed by atoms with van der Waals surface area (Å²) in [6.45, 7) is 1.16. The molecule has 0 unspecified atom stereocenters. The number of benzene rings is 1. The van der Waals surface area contributed by atoms with Gasteiger partial charge >= 0.3 is 6.18 Å². The zero-order valence-electron chi connectivity index (χ0n) is 14.5. The number of fused-ring (bicyclic) bond motifs is 3. The van der Waals surface area contributed by atoms with E-state index in [2.05, 4.69) is 4.98 Å². The minimum atomic E-state index is -4.74. The van der Waals surface area contributed by atoms with Crippen molar-refractivity contribution in [2.24, 2.45) is 0 Å². The first-order valence-corrected chi connectivity index (χ1v) is 9.57. The Morgan fingerprint density at radius 2 is 2.04 bits per heavy atom. The van der Waals surface area contributed by atoms with Crippen molar-refractivity contribution in [3.05, 3.63) is 56.7 Å². The van der Waals surface area contributed by atoms with E-state index in [4.69, 9.17) is 11.6 Å². The molecule has 0 radical (unpaired) electrons. The predicted octanol–water partition coefficient (Wildman–Crippen LogP) is 5.10. The Labute approximate surface area is 165 Å². The van der Waals surface area contributed by atoms with Crippen molar-refractivity contribution in [1.29, 1.82) is 0 Å². The van der Waals surface area contributed by atoms with Gasteiger partial charge in [-0.3, -0.25) is 4.79 Å². The van der Waals surface area contributed by atoms with E-state index < -0.39 is 18.8 Å². The predicted molar refractivity (Wildman–Crippen MR) is 105 cm³/mol. The van der Waals surface area contributed by atoms with Crippen molar-refractivity contribution < 1.29 is 18.3 Å². The van der Waals surface area contributed by atoms with Gasteiger partial charge in [-0.05, 0) is 36.1 Å². The Bertz CT molecular complexity index is 1240. The summed E-state index contributed by atoms with van der Waals surface area (Å²) in [5.41, 5.74) is 1.96. The number of aliphatic hydroxyl groups is 1. The second kappa shape index (κ2) is 6.65. The maximum atomic E-state index is 13.1. The molecule has 0 spiro atoms. The Morgan fingerprint density at radius 3 is 2.68 bits per heavy atom. The molecule has 0 aliphatic rings. The van der Waals surface area contributed by atoms with Crippen LogP contribution in [0.4, 0.5) is 13.2 Å². The van der Waals surface area contributed by atoms with Gasteiger partial charge in [0.1, 0.15) is 0 Å². The van der Waals surface area contributed by atoms with Gasteiger partial charge in [-0.2, -0.15) is 13.2 Å². The van der Waals surface area contributed by atoms with Gasteiger partial charge in [0.2, 0.25) is 5.56 Å². The average Bonchev–Trinajstić information content (AvgIpc) is 3.21. The number of nitrogens with one attached hydrogen (secondary N) is 1. The van der Waals surface area contributed by atoms with Gasteiger partial charge < -0.3 is 14.7 Å². The van der Waals surface area contributed by atoms with Gasteiger partial charge in [-0.1, -0.05) is 17.7 Å². The van der Waals surface area contributed by atoms with Crippen LogP contribution in [-0.4, -0.2) is 26.9 Å². The third kappa shape index (κ3) is 3.01. The topological polar surface area (TPSA) is 58.0 Å². The average molecular weight is 427 g/mol. The van der Waals surface area contributed by atoms with Gasteiger partial charge in [0.05, 0.1) is 27.7 Å². The molecule has 0 aliphatic carbocycles. The van der Waals surface area contributed by atoms with Gasteiger partial charge in [-0.25, -0.2) is 0 Å². The van der Waals surface area contributed by atoms with E-state index >= 15 is 0 Å². The number of halogens is 4. The molecule has 146 valence electrons. The molecule has 1 atom stereocenters. The number of alkyl halides is 3. The van der Waals surface area contributed by atoms with Crippen LogP contribution in [-0.2, 0) is 6.54 Å². The number of hydrogen-bond acceptors (Lipinski definition) is 3. The molecule has 0 amide bonds. The van der Waals surface area contributed by atoms with Crippen LogP contribution < -0.4 is 5.56 Å². The molecule has 3 heterocycles. The molecule has 0 saturated heterocycles. The molecular formula is C19H14ClF3N2O2S. The van der Waals surface area contributed by atoms with E-state index in [-0.39, 0.29) is 10.6 Å². The zero-order chi connectivity index (χ0) is 20.2. The highest BCUT2D eigenvalue weighted by molar-refractivity contribution is 7.13. The molecule has 2 N–H and O–H groups in total. The highest BCUT2D eigenvalue weighted by Gasteiger charge is 2.39. The van der Waals surface area contributed by atoms with Crippen molar-refractivity contribution in [2.75, 3.05) is 0 Å². The molecule has 4 rings (SSSR count). The number of pyridine rings is 1. The van der Waals surface area contributed by atoms with Crippen LogP contribution in [0.5, 0.6) is 0 Å². The molecule has 0 aliphatic heterocycles. The van der Waals surface area contributed by atoms with E-state index in [0.717, 1.165) is 10.4 Å². The molecule has 28 heavy (non-hydrogen) atoms. The highest BCUT2D eigenvalue weighted by atomic mass is 35.5. The Kier molecular flexibility index (Phi) is 4.52. The lowest BCUT2D eigenvalue weighted by Gasteiger charge is -2.18. The monoisotopic (exact) mass is 426 g/mol. The maximum absolute atomic E-state index is 13.1. The molecule has 0 bridgehead atoms. The minimum Gasteiger partial charge on any atom is -0.382 e. The van der Waals surface area contributed by atoms with Crippen molar-refractivity contribution in [2.45, 2.75) is 25.7 Å². The Hall–Kier alpha value is -2.29. The van der Waals surface area contributed by atoms with Crippen LogP contribution in [0, 0.1) is 6.92 Å². The molecular weight excluding hydrogens is 413 g/mol. The van der Waals surface area contributed by atoms with Crippen molar-refractivity contribution in [3.63, 3.8) is 0 Å². The van der Waals surface area contributed by atoms with E-state index in [1.54, 1.807) is 19.1 Å². The minimum absolute atomic E-state index is 0.221. The summed E-state index contributed by atoms with van der Waals surface area (Å²) in [4.78, 5) is 15.2. The first-order valence-electron chi connectivity index (χ1n) is 8.31. The molecule has 0 fully saturated rings. The summed E-state index contributed by atoms with van der Waals surface area (Å²) >= 11 is 7.71. The van der Waals surface area contributed by atoms with Gasteiger partial charge in [0, 0.05) is 22.4 Å². The number of nitrogens with zero attached hydrogens (tertiary/aromatic N) is 1. The molecule has 0 saturated carbocycles. The summed E-state index contributed by atoms with van der Waals surface area (Å²) in [5.74, 6) is 0. The number of rotatable bonds is 3. The number of hydrogen-bond donors (Lipinski definition) is 2. The number of aromatic amines is 1. The first-order chi connectivity index (χ1) is 13.2. The fourth-order valence-corrected chi connectivity index (χ4v) is 4.67. The van der Waals surface area contributed by atoms with Crippen LogP contribution >= 0.6 is 22.9 Å². The number of aryl methyl sites for hydroxylation is 1. The zero-order valence-corrected chi connectivity index (χ0v) is 16.0. The van der Waals surface area contributed by atoms with Crippen molar-refractivity contribution >= 4 is 44.7 Å². The lowest BCUT2D eigenvalue weighted by Crippen LogP contribution is -2.32. The molecule has 4 nitrogen and oxygen atoms in total. The fraction of sp³-hybridized carbons (Fsp3) is 0.211. The van der Waals surface area contributed by atoms with Crippen LogP contribution in [0.15, 0.2) is 40.5 Å². The summed E-state index contributed by atoms with van der Waals surface area (Å²) in [5, 5.41) is 13.0. The SMILES string of the molecule is Cc1c(-c2cccs2)n(C[C@@H](O)C(F)(F)F)c2ccc3[nH]c(=O)cc(Cl)c3c12. The van der Waals surface area contributed by atoms with Crippen molar-refractivity contribution in [1.82, 2.24) is 9.55 Å². The van der Waals surface area contributed by atoms with E-state index in [1.807, 2.05) is 17.5 Å². The van der Waals surface area contributed by atoms with E-state index in [1.165, 1.54) is 22.0 Å². The van der Waals surface area contributed by atoms with Gasteiger partial charge in [0.15, 0.2) is 6.10 Å². The largest absolute Gasteiger partial charge is 0.416 e. The number of thiophene rings is 1. The molecule has 4 aromatic rings. The molecule has 9 heteroatoms. The summed E-state index contributed by atoms with van der Waals surface area (Å²) in [6, 6.07) is 8.11. The van der Waals surface area contributed by atoms with Crippen LogP contribution in [0.2, 0.25) is 5.02 Å². The van der Waals surface area contributed by atoms with Crippen LogP contribution in [0.1, 0.15) is 5.56 Å². The van der Waals surface area contributed by atoms with Crippen molar-refractivity contribution in [3.8, 4) is 10.6 Å². The quantitative estimate of drug-likeness (QED) is 0.479. The standard InChI is InChI=1S/C19H14ClF3N2O2S/c1-9-16-12(5-4-11-17(16)10(20)7-15(27)24-11)25(8-14(26)19(21,22)23)18(9)13-3-2-6-28-13/h2-7,14,26H,8H2,1H3,(H,24,27)/t14-/m1/s1. The Morgan fingerprint density at radius 1 is 1.29 bits per heavy atom. The third-order valence-corrected chi connectivity index (χ3v) is 5.89. The number of H-pyrrole nitrogens is 1. The Balaban J connectivity index is 2.10. The summed E-state index contributed by atoms with van der Waals surface area (Å²) in [6.07, 6.45) is -7.25.